The van der Waals surface area contributed by atoms with Crippen LogP contribution in [0.15, 0.2) is 17.0 Å². The summed E-state index contributed by atoms with van der Waals surface area (Å²) in [6, 6.07) is 2.99. The van der Waals surface area contributed by atoms with Crippen molar-refractivity contribution in [3.05, 3.63) is 29.0 Å². The molecule has 0 amide bonds. The van der Waals surface area contributed by atoms with Crippen LogP contribution in [0.2, 0.25) is 0 Å². The third-order valence-corrected chi connectivity index (χ3v) is 3.16. The number of aryl methyl sites for hydroxylation is 1. The third-order valence-electron chi connectivity index (χ3n) is 2.07. The second-order valence-electron chi connectivity index (χ2n) is 3.18. The third kappa shape index (κ3) is 3.04. The number of sulfone groups is 1. The fourth-order valence-corrected chi connectivity index (χ4v) is 1.76. The SMILES string of the molecule is Cc1cc(S(C)(=O)=O)cc([NH-])c1C.[Y]. The van der Waals surface area contributed by atoms with E-state index in [-0.39, 0.29) is 43.3 Å². The Hall–Kier alpha value is 0.0739. The molecule has 3 nitrogen and oxygen atoms in total. The maximum atomic E-state index is 11.2. The Bertz CT molecular complexity index is 417. The largest absolute Gasteiger partial charge is 0.698 e. The van der Waals surface area contributed by atoms with E-state index in [2.05, 4.69) is 0 Å². The van der Waals surface area contributed by atoms with Crippen LogP contribution in [0, 0.1) is 13.8 Å². The van der Waals surface area contributed by atoms with E-state index >= 15 is 0 Å². The number of hydrogen-bond donors (Lipinski definition) is 0. The smallest absolute Gasteiger partial charge is 0.175 e. The molecule has 0 saturated heterocycles. The monoisotopic (exact) mass is 287 g/mol. The Labute approximate surface area is 110 Å². The van der Waals surface area contributed by atoms with E-state index in [4.69, 9.17) is 5.73 Å². The van der Waals surface area contributed by atoms with Crippen molar-refractivity contribution < 1.29 is 41.1 Å². The van der Waals surface area contributed by atoms with Gasteiger partial charge in [-0.05, 0) is 25.5 Å². The van der Waals surface area contributed by atoms with Crippen molar-refractivity contribution in [2.24, 2.45) is 0 Å². The number of benzene rings is 1. The molecule has 1 aromatic carbocycles. The van der Waals surface area contributed by atoms with Gasteiger partial charge in [-0.2, -0.15) is 0 Å². The molecule has 0 aliphatic carbocycles. The predicted molar refractivity (Wildman–Crippen MR) is 53.0 cm³/mol. The van der Waals surface area contributed by atoms with Crippen LogP contribution in [0.1, 0.15) is 11.1 Å². The Balaban J connectivity index is 0.00000169. The molecule has 0 atom stereocenters. The molecular formula is C9H12NO2SY-. The van der Waals surface area contributed by atoms with Gasteiger partial charge >= 0.3 is 0 Å². The van der Waals surface area contributed by atoms with Crippen LogP contribution in [0.3, 0.4) is 0 Å². The average molecular weight is 287 g/mol. The summed E-state index contributed by atoms with van der Waals surface area (Å²) in [6.07, 6.45) is 1.15. The summed E-state index contributed by atoms with van der Waals surface area (Å²) in [5.41, 5.74) is 9.46. The topological polar surface area (TPSA) is 57.9 Å². The molecule has 0 aliphatic rings. The fraction of sp³-hybridized carbons (Fsp3) is 0.333. The van der Waals surface area contributed by atoms with Crippen molar-refractivity contribution in [1.29, 1.82) is 0 Å². The van der Waals surface area contributed by atoms with Gasteiger partial charge in [-0.1, -0.05) is 11.6 Å². The summed E-state index contributed by atoms with van der Waals surface area (Å²) in [5, 5.41) is 0. The normalized spacial score (nSPS) is 10.8. The van der Waals surface area contributed by atoms with E-state index < -0.39 is 9.84 Å². The zero-order valence-electron chi connectivity index (χ0n) is 8.46. The van der Waals surface area contributed by atoms with E-state index in [1.807, 2.05) is 13.8 Å². The second kappa shape index (κ2) is 4.73. The predicted octanol–water partition coefficient (Wildman–Crippen LogP) is 2.39. The van der Waals surface area contributed by atoms with Crippen molar-refractivity contribution in [1.82, 2.24) is 0 Å². The average Bonchev–Trinajstić information content (AvgIpc) is 1.97. The Morgan fingerprint density at radius 2 is 1.71 bits per heavy atom. The zero-order chi connectivity index (χ0) is 10.2. The Kier molecular flexibility index (Phi) is 4.75. The minimum atomic E-state index is -3.18. The van der Waals surface area contributed by atoms with Gasteiger partial charge < -0.3 is 5.73 Å². The van der Waals surface area contributed by atoms with Crippen LogP contribution in [-0.4, -0.2) is 14.7 Å². The molecule has 1 radical (unpaired) electrons. The fourth-order valence-electron chi connectivity index (χ4n) is 1.04. The molecule has 0 heterocycles. The van der Waals surface area contributed by atoms with Crippen LogP contribution >= 0.6 is 0 Å². The maximum absolute atomic E-state index is 11.2. The van der Waals surface area contributed by atoms with Gasteiger partial charge in [0.25, 0.3) is 0 Å². The van der Waals surface area contributed by atoms with E-state index in [1.54, 1.807) is 6.07 Å². The molecule has 0 unspecified atom stereocenters. The quantitative estimate of drug-likeness (QED) is 0.796. The van der Waals surface area contributed by atoms with Gasteiger partial charge in [-0.25, -0.2) is 8.42 Å². The summed E-state index contributed by atoms with van der Waals surface area (Å²) in [4.78, 5) is 0.223. The summed E-state index contributed by atoms with van der Waals surface area (Å²) >= 11 is 0. The molecule has 0 bridgehead atoms. The van der Waals surface area contributed by atoms with Crippen molar-refractivity contribution in [3.8, 4) is 0 Å². The number of rotatable bonds is 1. The summed E-state index contributed by atoms with van der Waals surface area (Å²) in [6.45, 7) is 3.62. The Morgan fingerprint density at radius 1 is 1.21 bits per heavy atom. The van der Waals surface area contributed by atoms with Crippen LogP contribution in [0.5, 0.6) is 0 Å². The van der Waals surface area contributed by atoms with Gasteiger partial charge in [0.1, 0.15) is 0 Å². The first-order valence-electron chi connectivity index (χ1n) is 3.85. The van der Waals surface area contributed by atoms with Gasteiger partial charge in [0.2, 0.25) is 0 Å². The van der Waals surface area contributed by atoms with Gasteiger partial charge in [0, 0.05) is 39.0 Å². The molecule has 0 spiro atoms. The van der Waals surface area contributed by atoms with Crippen molar-refractivity contribution in [2.75, 3.05) is 6.26 Å². The molecular weight excluding hydrogens is 275 g/mol. The molecule has 75 valence electrons. The number of hydrogen-bond acceptors (Lipinski definition) is 2. The molecule has 1 aromatic rings. The first-order chi connectivity index (χ1) is 5.82. The van der Waals surface area contributed by atoms with Crippen LogP contribution < -0.4 is 0 Å². The molecule has 0 aromatic heterocycles. The zero-order valence-corrected chi connectivity index (χ0v) is 12.1. The van der Waals surface area contributed by atoms with Crippen LogP contribution in [0.25, 0.3) is 5.73 Å². The van der Waals surface area contributed by atoms with Gasteiger partial charge in [0.15, 0.2) is 9.84 Å². The minimum Gasteiger partial charge on any atom is -0.698 e. The minimum absolute atomic E-state index is 0. The molecule has 0 saturated carbocycles. The van der Waals surface area contributed by atoms with Crippen molar-refractivity contribution in [3.63, 3.8) is 0 Å². The maximum Gasteiger partial charge on any atom is 0.175 e. The Morgan fingerprint density at radius 3 is 2.07 bits per heavy atom. The van der Waals surface area contributed by atoms with Crippen LogP contribution in [0.4, 0.5) is 5.69 Å². The molecule has 1 N–H and O–H groups in total. The summed E-state index contributed by atoms with van der Waals surface area (Å²) < 4.78 is 22.3. The molecule has 5 heteroatoms. The van der Waals surface area contributed by atoms with Gasteiger partial charge in [-0.3, -0.25) is 0 Å². The van der Waals surface area contributed by atoms with E-state index in [1.165, 1.54) is 6.07 Å². The van der Waals surface area contributed by atoms with Crippen molar-refractivity contribution >= 4 is 15.5 Å². The van der Waals surface area contributed by atoms with Gasteiger partial charge in [-0.15, -0.1) is 5.69 Å². The summed E-state index contributed by atoms with van der Waals surface area (Å²) in [7, 11) is -3.18. The molecule has 0 fully saturated rings. The second-order valence-corrected chi connectivity index (χ2v) is 5.20. The first-order valence-corrected chi connectivity index (χ1v) is 5.74. The molecule has 14 heavy (non-hydrogen) atoms. The summed E-state index contributed by atoms with van der Waals surface area (Å²) in [5.74, 6) is 0. The van der Waals surface area contributed by atoms with E-state index in [9.17, 15) is 8.42 Å². The number of nitrogens with one attached hydrogen (secondary N) is 1. The van der Waals surface area contributed by atoms with E-state index in [0.29, 0.717) is 0 Å². The molecule has 1 rings (SSSR count). The first kappa shape index (κ1) is 14.1. The van der Waals surface area contributed by atoms with E-state index in [0.717, 1.165) is 17.4 Å². The van der Waals surface area contributed by atoms with Gasteiger partial charge in [0.05, 0.1) is 4.90 Å². The standard InChI is InChI=1S/C9H12NO2S.Y/c1-6-4-8(13(3,11)12)5-9(10)7(6)2;/h4-5,10H,1-3H3;/q-1;. The van der Waals surface area contributed by atoms with Crippen molar-refractivity contribution in [2.45, 2.75) is 18.7 Å². The molecule has 0 aliphatic heterocycles. The van der Waals surface area contributed by atoms with Crippen LogP contribution in [-0.2, 0) is 42.5 Å².